The van der Waals surface area contributed by atoms with E-state index in [1.807, 2.05) is 6.08 Å². The van der Waals surface area contributed by atoms with Crippen LogP contribution in [0.4, 0.5) is 10.2 Å². The van der Waals surface area contributed by atoms with Crippen LogP contribution in [0, 0.1) is 11.7 Å². The summed E-state index contributed by atoms with van der Waals surface area (Å²) in [6, 6.07) is 6.19. The predicted molar refractivity (Wildman–Crippen MR) is 101 cm³/mol. The van der Waals surface area contributed by atoms with E-state index in [1.54, 1.807) is 24.3 Å². The maximum Gasteiger partial charge on any atom is 0.276 e. The van der Waals surface area contributed by atoms with Crippen LogP contribution in [0.2, 0.25) is 0 Å². The molecule has 0 fully saturated rings. The molecule has 1 aliphatic carbocycles. The Balaban J connectivity index is 1.58. The van der Waals surface area contributed by atoms with Gasteiger partial charge in [0.25, 0.3) is 5.88 Å². The van der Waals surface area contributed by atoms with Crippen molar-refractivity contribution >= 4 is 17.4 Å². The molecule has 2 atom stereocenters. The van der Waals surface area contributed by atoms with E-state index in [0.717, 1.165) is 5.56 Å². The molecule has 1 amide bonds. The molecule has 1 aromatic heterocycles. The number of benzene rings is 1. The van der Waals surface area contributed by atoms with Crippen LogP contribution in [-0.2, 0) is 16.2 Å². The zero-order valence-corrected chi connectivity index (χ0v) is 15.4. The van der Waals surface area contributed by atoms with Gasteiger partial charge in [0.2, 0.25) is 11.7 Å². The highest BCUT2D eigenvalue weighted by molar-refractivity contribution is 6.04. The normalized spacial score (nSPS) is 19.7. The van der Waals surface area contributed by atoms with Crippen molar-refractivity contribution in [2.24, 2.45) is 16.8 Å². The van der Waals surface area contributed by atoms with Gasteiger partial charge < -0.3 is 20.6 Å². The first-order valence-electron chi connectivity index (χ1n) is 8.76. The van der Waals surface area contributed by atoms with Crippen molar-refractivity contribution in [1.29, 1.82) is 0 Å². The summed E-state index contributed by atoms with van der Waals surface area (Å²) in [4.78, 5) is 21.5. The summed E-state index contributed by atoms with van der Waals surface area (Å²) in [5, 5.41) is 15.2. The average Bonchev–Trinajstić information content (AvgIpc) is 3.16. The molecule has 2 heterocycles. The lowest BCUT2D eigenvalue weighted by Crippen LogP contribution is -2.33. The Morgan fingerprint density at radius 3 is 3.00 bits per heavy atom. The predicted octanol–water partition coefficient (Wildman–Crippen LogP) is 1.33. The minimum absolute atomic E-state index is 0.179. The SMILES string of the molecule is COc1nnc(C2=NOC3C(C(N)=O)=CC=CC23)nc1NCc1cccc(F)c1. The van der Waals surface area contributed by atoms with Gasteiger partial charge >= 0.3 is 0 Å². The Bertz CT molecular complexity index is 1050. The van der Waals surface area contributed by atoms with Gasteiger partial charge in [0, 0.05) is 6.54 Å². The lowest BCUT2D eigenvalue weighted by molar-refractivity contribution is -0.116. The number of nitrogens with one attached hydrogen (secondary N) is 1. The fraction of sp³-hybridized carbons (Fsp3) is 0.211. The molecule has 1 aromatic carbocycles. The van der Waals surface area contributed by atoms with Crippen molar-refractivity contribution < 1.29 is 18.8 Å². The number of carbonyl (C=O) groups is 1. The van der Waals surface area contributed by atoms with E-state index in [0.29, 0.717) is 23.6 Å². The van der Waals surface area contributed by atoms with E-state index >= 15 is 0 Å². The molecule has 3 N–H and O–H groups in total. The zero-order valence-electron chi connectivity index (χ0n) is 15.4. The van der Waals surface area contributed by atoms with Crippen LogP contribution in [0.3, 0.4) is 0 Å². The number of rotatable bonds is 6. The lowest BCUT2D eigenvalue weighted by Gasteiger charge is -2.19. The highest BCUT2D eigenvalue weighted by Gasteiger charge is 2.40. The number of nitrogens with two attached hydrogens (primary N) is 1. The second-order valence-corrected chi connectivity index (χ2v) is 6.38. The molecule has 148 valence electrons. The van der Waals surface area contributed by atoms with Gasteiger partial charge in [0.1, 0.15) is 11.5 Å². The lowest BCUT2D eigenvalue weighted by atomic mass is 9.87. The number of allylic oxidation sites excluding steroid dienone is 2. The van der Waals surface area contributed by atoms with Crippen LogP contribution in [-0.4, -0.2) is 40.0 Å². The van der Waals surface area contributed by atoms with Crippen molar-refractivity contribution in [3.63, 3.8) is 0 Å². The maximum atomic E-state index is 13.4. The molecule has 29 heavy (non-hydrogen) atoms. The van der Waals surface area contributed by atoms with Crippen molar-refractivity contribution in [3.05, 3.63) is 65.3 Å². The van der Waals surface area contributed by atoms with E-state index in [4.69, 9.17) is 15.3 Å². The van der Waals surface area contributed by atoms with E-state index in [-0.39, 0.29) is 23.4 Å². The van der Waals surface area contributed by atoms with Gasteiger partial charge in [0.05, 0.1) is 18.6 Å². The number of hydrogen-bond acceptors (Lipinski definition) is 8. The van der Waals surface area contributed by atoms with Gasteiger partial charge in [-0.05, 0) is 23.8 Å². The first kappa shape index (κ1) is 18.5. The van der Waals surface area contributed by atoms with E-state index in [9.17, 15) is 9.18 Å². The van der Waals surface area contributed by atoms with Crippen molar-refractivity contribution in [1.82, 2.24) is 15.2 Å². The van der Waals surface area contributed by atoms with Gasteiger partial charge in [-0.1, -0.05) is 29.4 Å². The summed E-state index contributed by atoms with van der Waals surface area (Å²) in [5.41, 5.74) is 6.87. The van der Waals surface area contributed by atoms with Gasteiger partial charge in [-0.25, -0.2) is 9.37 Å². The van der Waals surface area contributed by atoms with E-state index in [2.05, 4.69) is 25.7 Å². The average molecular weight is 396 g/mol. The van der Waals surface area contributed by atoms with Crippen LogP contribution in [0.5, 0.6) is 5.88 Å². The molecule has 2 aromatic rings. The van der Waals surface area contributed by atoms with Crippen molar-refractivity contribution in [2.75, 3.05) is 12.4 Å². The molecule has 10 heteroatoms. The summed E-state index contributed by atoms with van der Waals surface area (Å²) in [5.74, 6) is -0.559. The van der Waals surface area contributed by atoms with E-state index in [1.165, 1.54) is 19.2 Å². The number of primary amides is 1. The molecule has 0 spiro atoms. The van der Waals surface area contributed by atoms with Crippen LogP contribution < -0.4 is 15.8 Å². The summed E-state index contributed by atoms with van der Waals surface area (Å²) >= 11 is 0. The Morgan fingerprint density at radius 2 is 2.24 bits per heavy atom. The monoisotopic (exact) mass is 396 g/mol. The third-order valence-corrected chi connectivity index (χ3v) is 4.52. The number of carbonyl (C=O) groups excluding carboxylic acids is 1. The van der Waals surface area contributed by atoms with Crippen molar-refractivity contribution in [3.8, 4) is 5.88 Å². The third kappa shape index (κ3) is 3.64. The zero-order chi connectivity index (χ0) is 20.4. The largest absolute Gasteiger partial charge is 0.477 e. The highest BCUT2D eigenvalue weighted by Crippen LogP contribution is 2.31. The fourth-order valence-electron chi connectivity index (χ4n) is 3.12. The van der Waals surface area contributed by atoms with Gasteiger partial charge in [-0.15, -0.1) is 10.2 Å². The summed E-state index contributed by atoms with van der Waals surface area (Å²) in [7, 11) is 1.44. The van der Waals surface area contributed by atoms with Gasteiger partial charge in [0.15, 0.2) is 11.9 Å². The first-order valence-corrected chi connectivity index (χ1v) is 8.76. The molecular formula is C19H17FN6O3. The molecule has 0 bridgehead atoms. The molecule has 4 rings (SSSR count). The molecule has 2 unspecified atom stereocenters. The third-order valence-electron chi connectivity index (χ3n) is 4.52. The van der Waals surface area contributed by atoms with Crippen LogP contribution >= 0.6 is 0 Å². The first-order chi connectivity index (χ1) is 14.1. The molecule has 1 aliphatic heterocycles. The Hall–Kier alpha value is -3.82. The summed E-state index contributed by atoms with van der Waals surface area (Å²) in [6.45, 7) is 0.301. The minimum Gasteiger partial charge on any atom is -0.477 e. The number of oxime groups is 1. The standard InChI is InChI=1S/C19H17FN6O3/c1-28-19-18(22-9-10-4-2-5-11(20)8-10)23-17(24-25-19)14-12-6-3-7-13(16(21)27)15(12)29-26-14/h2-8,12,15H,9H2,1H3,(H2,21,27)(H,22,23,24). The quantitative estimate of drug-likeness (QED) is 0.755. The number of methoxy groups -OCH3 is 1. The maximum absolute atomic E-state index is 13.4. The molecule has 0 saturated carbocycles. The highest BCUT2D eigenvalue weighted by atomic mass is 19.1. The number of nitrogens with zero attached hydrogens (tertiary/aromatic N) is 4. The minimum atomic E-state index is -0.623. The number of fused-ring (bicyclic) bond motifs is 1. The Labute approximate surface area is 165 Å². The van der Waals surface area contributed by atoms with Crippen LogP contribution in [0.15, 0.2) is 53.2 Å². The number of amides is 1. The van der Waals surface area contributed by atoms with E-state index < -0.39 is 12.0 Å². The second-order valence-electron chi connectivity index (χ2n) is 6.38. The molecular weight excluding hydrogens is 379 g/mol. The summed E-state index contributed by atoms with van der Waals surface area (Å²) < 4.78 is 18.6. The topological polar surface area (TPSA) is 125 Å². The van der Waals surface area contributed by atoms with Crippen molar-refractivity contribution in [2.45, 2.75) is 12.6 Å². The second kappa shape index (κ2) is 7.66. The number of halogens is 1. The number of aromatic nitrogens is 3. The van der Waals surface area contributed by atoms with Gasteiger partial charge in [-0.3, -0.25) is 4.79 Å². The Kier molecular flexibility index (Phi) is 4.90. The smallest absolute Gasteiger partial charge is 0.276 e. The number of anilines is 1. The van der Waals surface area contributed by atoms with Gasteiger partial charge in [-0.2, -0.15) is 0 Å². The molecule has 0 saturated heterocycles. The molecule has 9 nitrogen and oxygen atoms in total. The fourth-order valence-corrected chi connectivity index (χ4v) is 3.12. The molecule has 2 aliphatic rings. The number of hydrogen-bond donors (Lipinski definition) is 2. The summed E-state index contributed by atoms with van der Waals surface area (Å²) in [6.07, 6.45) is 4.52. The van der Waals surface area contributed by atoms with Crippen LogP contribution in [0.25, 0.3) is 0 Å². The molecule has 0 radical (unpaired) electrons. The Morgan fingerprint density at radius 1 is 1.38 bits per heavy atom. The van der Waals surface area contributed by atoms with Crippen LogP contribution in [0.1, 0.15) is 11.4 Å². The number of ether oxygens (including phenoxy) is 1.